The van der Waals surface area contributed by atoms with E-state index in [0.717, 1.165) is 24.6 Å². The topological polar surface area (TPSA) is 9.23 Å². The number of halogens is 3. The molecule has 0 heterocycles. The van der Waals surface area contributed by atoms with Gasteiger partial charge in [-0.3, -0.25) is 0 Å². The van der Waals surface area contributed by atoms with Gasteiger partial charge >= 0.3 is 6.61 Å². The summed E-state index contributed by atoms with van der Waals surface area (Å²) >= 11 is 0. The van der Waals surface area contributed by atoms with Crippen LogP contribution in [0, 0.1) is 5.82 Å². The second-order valence-electron chi connectivity index (χ2n) is 8.31. The van der Waals surface area contributed by atoms with Crippen molar-refractivity contribution < 1.29 is 17.9 Å². The summed E-state index contributed by atoms with van der Waals surface area (Å²) in [5, 5.41) is 1.39. The molecule has 0 amide bonds. The van der Waals surface area contributed by atoms with E-state index in [-0.39, 0.29) is 11.6 Å². The number of hydrogen-bond acceptors (Lipinski definition) is 1. The Morgan fingerprint density at radius 1 is 0.727 bits per heavy atom. The first kappa shape index (κ1) is 22.9. The molecule has 1 nitrogen and oxygen atoms in total. The highest BCUT2D eigenvalue weighted by Crippen LogP contribution is 2.31. The Morgan fingerprint density at radius 3 is 2.03 bits per heavy atom. The van der Waals surface area contributed by atoms with Gasteiger partial charge in [0, 0.05) is 10.9 Å². The number of benzene rings is 4. The van der Waals surface area contributed by atoms with Crippen molar-refractivity contribution in [2.75, 3.05) is 0 Å². The van der Waals surface area contributed by atoms with E-state index < -0.39 is 6.61 Å². The lowest BCUT2D eigenvalue weighted by molar-refractivity contribution is -0.0498. The first-order valence-corrected chi connectivity index (χ1v) is 11.4. The van der Waals surface area contributed by atoms with E-state index in [1.165, 1.54) is 41.7 Å². The molecule has 0 aliphatic carbocycles. The first-order valence-electron chi connectivity index (χ1n) is 11.4. The van der Waals surface area contributed by atoms with Crippen LogP contribution in [0.3, 0.4) is 0 Å². The molecule has 0 unspecified atom stereocenters. The maximum atomic E-state index is 15.2. The van der Waals surface area contributed by atoms with Crippen LogP contribution >= 0.6 is 0 Å². The van der Waals surface area contributed by atoms with Crippen LogP contribution in [0.5, 0.6) is 5.75 Å². The molecule has 4 aromatic carbocycles. The molecule has 4 heteroatoms. The molecule has 4 rings (SSSR count). The third-order valence-corrected chi connectivity index (χ3v) is 5.95. The summed E-state index contributed by atoms with van der Waals surface area (Å²) in [5.74, 6) is -0.264. The Hall–Kier alpha value is -3.27. The molecule has 0 saturated heterocycles. The van der Waals surface area contributed by atoms with E-state index in [4.69, 9.17) is 0 Å². The smallest absolute Gasteiger partial charge is 0.387 e. The van der Waals surface area contributed by atoms with Crippen molar-refractivity contribution in [2.24, 2.45) is 0 Å². The summed E-state index contributed by atoms with van der Waals surface area (Å²) in [7, 11) is 0. The van der Waals surface area contributed by atoms with E-state index >= 15 is 4.39 Å². The van der Waals surface area contributed by atoms with E-state index in [1.807, 2.05) is 24.3 Å². The zero-order valence-electron chi connectivity index (χ0n) is 18.7. The molecular formula is C29H27F3O. The summed E-state index contributed by atoms with van der Waals surface area (Å²) < 4.78 is 44.3. The maximum absolute atomic E-state index is 15.2. The second kappa shape index (κ2) is 10.6. The summed E-state index contributed by atoms with van der Waals surface area (Å²) in [4.78, 5) is 0. The fourth-order valence-electron chi connectivity index (χ4n) is 4.08. The molecule has 0 atom stereocenters. The lowest BCUT2D eigenvalue weighted by Gasteiger charge is -2.10. The monoisotopic (exact) mass is 448 g/mol. The number of alkyl halides is 2. The molecule has 0 aromatic heterocycles. The minimum Gasteiger partial charge on any atom is -0.435 e. The molecule has 4 aromatic rings. The Morgan fingerprint density at radius 2 is 1.36 bits per heavy atom. The molecule has 0 spiro atoms. The number of rotatable bonds is 9. The Bertz CT molecular complexity index is 1200. The van der Waals surface area contributed by atoms with Crippen LogP contribution in [0.1, 0.15) is 36.5 Å². The molecule has 0 bridgehead atoms. The lowest BCUT2D eigenvalue weighted by Crippen LogP contribution is -2.01. The highest BCUT2D eigenvalue weighted by atomic mass is 19.3. The average Bonchev–Trinajstić information content (AvgIpc) is 2.82. The Balaban J connectivity index is 1.47. The van der Waals surface area contributed by atoms with Crippen LogP contribution in [0.2, 0.25) is 0 Å². The fourth-order valence-corrected chi connectivity index (χ4v) is 4.08. The van der Waals surface area contributed by atoms with Crippen LogP contribution in [-0.2, 0) is 19.3 Å². The van der Waals surface area contributed by atoms with Crippen molar-refractivity contribution >= 4 is 10.8 Å². The van der Waals surface area contributed by atoms with Gasteiger partial charge in [-0.15, -0.1) is 0 Å². The molecule has 0 aliphatic rings. The minimum absolute atomic E-state index is 0.0511. The van der Waals surface area contributed by atoms with Gasteiger partial charge in [0.05, 0.1) is 0 Å². The first-order chi connectivity index (χ1) is 16.0. The normalized spacial score (nSPS) is 11.3. The lowest BCUT2D eigenvalue weighted by atomic mass is 9.97. The molecule has 33 heavy (non-hydrogen) atoms. The van der Waals surface area contributed by atoms with Crippen molar-refractivity contribution in [3.63, 3.8) is 0 Å². The van der Waals surface area contributed by atoms with E-state index in [0.29, 0.717) is 16.5 Å². The molecule has 0 radical (unpaired) electrons. The molecule has 0 N–H and O–H groups in total. The largest absolute Gasteiger partial charge is 0.435 e. The number of aryl methyl sites for hydroxylation is 3. The second-order valence-corrected chi connectivity index (χ2v) is 8.31. The van der Waals surface area contributed by atoms with Crippen molar-refractivity contribution in [3.8, 4) is 16.9 Å². The van der Waals surface area contributed by atoms with E-state index in [2.05, 4.69) is 35.9 Å². The maximum Gasteiger partial charge on any atom is 0.387 e. The predicted molar refractivity (Wildman–Crippen MR) is 128 cm³/mol. The molecule has 0 saturated carbocycles. The van der Waals surface area contributed by atoms with Gasteiger partial charge in [-0.25, -0.2) is 4.39 Å². The number of unbranched alkanes of at least 4 members (excludes halogenated alkanes) is 1. The highest BCUT2D eigenvalue weighted by molar-refractivity contribution is 5.88. The van der Waals surface area contributed by atoms with Crippen molar-refractivity contribution in [1.29, 1.82) is 0 Å². The standard InChI is InChI=1S/C29H27F3O/c1-2-3-4-20-5-7-21(8-6-20)9-10-22-11-17-27-24(19-22)14-18-26(28(27)30)23-12-15-25(16-13-23)33-29(31)32/h5-8,11-19,29H,2-4,9-10H2,1H3. The SMILES string of the molecule is CCCCc1ccc(CCc2ccc3c(F)c(-c4ccc(OC(F)F)cc4)ccc3c2)cc1. The molecular weight excluding hydrogens is 421 g/mol. The molecule has 0 aliphatic heterocycles. The van der Waals surface area contributed by atoms with Crippen LogP contribution < -0.4 is 4.74 Å². The summed E-state index contributed by atoms with van der Waals surface area (Å²) in [6, 6.07) is 24.3. The summed E-state index contributed by atoms with van der Waals surface area (Å²) in [5.41, 5.74) is 4.90. The van der Waals surface area contributed by atoms with Crippen LogP contribution in [-0.4, -0.2) is 6.61 Å². The van der Waals surface area contributed by atoms with E-state index in [1.54, 1.807) is 18.2 Å². The summed E-state index contributed by atoms with van der Waals surface area (Å²) in [6.45, 7) is -0.677. The summed E-state index contributed by atoms with van der Waals surface area (Å²) in [6.07, 6.45) is 5.37. The molecule has 0 fully saturated rings. The quantitative estimate of drug-likeness (QED) is 0.250. The number of ether oxygens (including phenoxy) is 1. The highest BCUT2D eigenvalue weighted by Gasteiger charge is 2.11. The Labute approximate surface area is 192 Å². The van der Waals surface area contributed by atoms with Gasteiger partial charge in [-0.1, -0.05) is 80.1 Å². The van der Waals surface area contributed by atoms with Gasteiger partial charge in [0.15, 0.2) is 0 Å². The zero-order valence-corrected chi connectivity index (χ0v) is 18.7. The van der Waals surface area contributed by atoms with Crippen LogP contribution in [0.15, 0.2) is 78.9 Å². The van der Waals surface area contributed by atoms with Gasteiger partial charge in [-0.05, 0) is 65.5 Å². The average molecular weight is 449 g/mol. The fraction of sp³-hybridized carbons (Fsp3) is 0.241. The third-order valence-electron chi connectivity index (χ3n) is 5.95. The van der Waals surface area contributed by atoms with E-state index in [9.17, 15) is 8.78 Å². The van der Waals surface area contributed by atoms with Crippen molar-refractivity contribution in [3.05, 3.63) is 101 Å². The number of hydrogen-bond donors (Lipinski definition) is 0. The van der Waals surface area contributed by atoms with Gasteiger partial charge in [0.2, 0.25) is 0 Å². The predicted octanol–water partition coefficient (Wildman–Crippen LogP) is 8.38. The Kier molecular flexibility index (Phi) is 7.33. The van der Waals surface area contributed by atoms with Gasteiger partial charge < -0.3 is 4.74 Å². The van der Waals surface area contributed by atoms with Crippen molar-refractivity contribution in [2.45, 2.75) is 45.6 Å². The van der Waals surface area contributed by atoms with Crippen LogP contribution in [0.4, 0.5) is 13.2 Å². The van der Waals surface area contributed by atoms with Gasteiger partial charge in [0.25, 0.3) is 0 Å². The van der Waals surface area contributed by atoms with Gasteiger partial charge in [0.1, 0.15) is 11.6 Å². The molecule has 170 valence electrons. The third kappa shape index (κ3) is 5.75. The number of fused-ring (bicyclic) bond motifs is 1. The minimum atomic E-state index is -2.88. The van der Waals surface area contributed by atoms with Crippen molar-refractivity contribution in [1.82, 2.24) is 0 Å². The van der Waals surface area contributed by atoms with Gasteiger partial charge in [-0.2, -0.15) is 8.78 Å². The van der Waals surface area contributed by atoms with Crippen LogP contribution in [0.25, 0.3) is 21.9 Å². The zero-order chi connectivity index (χ0) is 23.2.